The van der Waals surface area contributed by atoms with Crippen molar-refractivity contribution in [2.24, 2.45) is 5.73 Å². The van der Waals surface area contributed by atoms with Crippen molar-refractivity contribution >= 4 is 10.9 Å². The molecule has 0 saturated heterocycles. The predicted octanol–water partition coefficient (Wildman–Crippen LogP) is 3.71. The highest BCUT2D eigenvalue weighted by Gasteiger charge is 2.09. The quantitative estimate of drug-likeness (QED) is 0.755. The summed E-state index contributed by atoms with van der Waals surface area (Å²) in [7, 11) is 1.66. The van der Waals surface area contributed by atoms with Crippen LogP contribution in [0, 0.1) is 0 Å². The summed E-state index contributed by atoms with van der Waals surface area (Å²) in [5.41, 5.74) is 9.25. The van der Waals surface area contributed by atoms with Crippen molar-refractivity contribution in [2.75, 3.05) is 7.11 Å². The van der Waals surface area contributed by atoms with Crippen molar-refractivity contribution < 1.29 is 9.47 Å². The maximum absolute atomic E-state index is 5.94. The Morgan fingerprint density at radius 1 is 1.04 bits per heavy atom. The Kier molecular flexibility index (Phi) is 4.53. The fraction of sp³-hybridized carbons (Fsp3) is 0.263. The number of fused-ring (bicyclic) bond motifs is 1. The molecule has 0 fully saturated rings. The molecule has 23 heavy (non-hydrogen) atoms. The molecule has 3 rings (SSSR count). The minimum atomic E-state index is 0.521. The normalized spacial score (nSPS) is 10.9. The van der Waals surface area contributed by atoms with E-state index in [1.54, 1.807) is 7.11 Å². The monoisotopic (exact) mass is 310 g/mol. The fourth-order valence-corrected chi connectivity index (χ4v) is 2.85. The van der Waals surface area contributed by atoms with Gasteiger partial charge in [-0.25, -0.2) is 0 Å². The molecule has 0 spiro atoms. The van der Waals surface area contributed by atoms with E-state index in [1.807, 2.05) is 24.3 Å². The van der Waals surface area contributed by atoms with E-state index in [0.717, 1.165) is 29.3 Å². The summed E-state index contributed by atoms with van der Waals surface area (Å²) in [5, 5.41) is 1.21. The molecular formula is C19H22N2O2. The highest BCUT2D eigenvalue weighted by atomic mass is 16.5. The number of ether oxygens (including phenoxy) is 2. The largest absolute Gasteiger partial charge is 0.497 e. The highest BCUT2D eigenvalue weighted by Crippen LogP contribution is 2.24. The standard InChI is InChI=1S/C19H22N2O2/c1-3-21-16(10-15-9-14(12-20)7-8-19(15)21)13-23-18-6-4-5-17(11-18)22-2/h4-11H,3,12-13,20H2,1-2H3. The third kappa shape index (κ3) is 3.17. The van der Waals surface area contributed by atoms with Crippen LogP contribution in [-0.2, 0) is 19.7 Å². The van der Waals surface area contributed by atoms with E-state index in [2.05, 4.69) is 35.8 Å². The molecule has 3 aromatic rings. The van der Waals surface area contributed by atoms with Crippen LogP contribution in [0.15, 0.2) is 48.5 Å². The van der Waals surface area contributed by atoms with Gasteiger partial charge in [0.05, 0.1) is 12.8 Å². The zero-order valence-corrected chi connectivity index (χ0v) is 13.6. The molecule has 4 nitrogen and oxygen atoms in total. The number of nitrogens with zero attached hydrogens (tertiary/aromatic N) is 1. The van der Waals surface area contributed by atoms with Crippen molar-refractivity contribution in [1.82, 2.24) is 4.57 Å². The summed E-state index contributed by atoms with van der Waals surface area (Å²) >= 11 is 0. The van der Waals surface area contributed by atoms with Crippen molar-refractivity contribution in [3.63, 3.8) is 0 Å². The van der Waals surface area contributed by atoms with E-state index in [-0.39, 0.29) is 0 Å². The molecule has 0 bridgehead atoms. The molecule has 4 heteroatoms. The first kappa shape index (κ1) is 15.4. The second-order valence-electron chi connectivity index (χ2n) is 5.44. The number of rotatable bonds is 6. The van der Waals surface area contributed by atoms with Crippen LogP contribution in [0.5, 0.6) is 11.5 Å². The average molecular weight is 310 g/mol. The smallest absolute Gasteiger partial charge is 0.128 e. The molecule has 0 amide bonds. The average Bonchev–Trinajstić information content (AvgIpc) is 2.96. The minimum absolute atomic E-state index is 0.521. The molecule has 0 saturated carbocycles. The van der Waals surface area contributed by atoms with Crippen molar-refractivity contribution in [3.8, 4) is 11.5 Å². The van der Waals surface area contributed by atoms with Crippen molar-refractivity contribution in [1.29, 1.82) is 0 Å². The molecule has 0 aliphatic heterocycles. The van der Waals surface area contributed by atoms with Crippen LogP contribution in [0.3, 0.4) is 0 Å². The van der Waals surface area contributed by atoms with Gasteiger partial charge in [-0.1, -0.05) is 12.1 Å². The first-order valence-corrected chi connectivity index (χ1v) is 7.83. The number of nitrogens with two attached hydrogens (primary N) is 1. The van der Waals surface area contributed by atoms with Gasteiger partial charge in [0.1, 0.15) is 18.1 Å². The van der Waals surface area contributed by atoms with Gasteiger partial charge < -0.3 is 19.8 Å². The lowest BCUT2D eigenvalue weighted by Crippen LogP contribution is -2.04. The van der Waals surface area contributed by atoms with Gasteiger partial charge in [0.2, 0.25) is 0 Å². The zero-order valence-electron chi connectivity index (χ0n) is 13.6. The molecule has 120 valence electrons. The van der Waals surface area contributed by atoms with Gasteiger partial charge in [0.15, 0.2) is 0 Å². The molecule has 0 atom stereocenters. The maximum atomic E-state index is 5.94. The summed E-state index contributed by atoms with van der Waals surface area (Å²) in [6.07, 6.45) is 0. The van der Waals surface area contributed by atoms with E-state index in [4.69, 9.17) is 15.2 Å². The number of aromatic nitrogens is 1. The summed E-state index contributed by atoms with van der Waals surface area (Å²) in [5.74, 6) is 1.60. The summed E-state index contributed by atoms with van der Waals surface area (Å²) in [6, 6.07) is 16.2. The Bertz CT molecular complexity index is 808. The van der Waals surface area contributed by atoms with Crippen LogP contribution in [0.25, 0.3) is 10.9 Å². The minimum Gasteiger partial charge on any atom is -0.497 e. The Morgan fingerprint density at radius 2 is 1.87 bits per heavy atom. The fourth-order valence-electron chi connectivity index (χ4n) is 2.85. The van der Waals surface area contributed by atoms with Gasteiger partial charge in [-0.2, -0.15) is 0 Å². The van der Waals surface area contributed by atoms with Gasteiger partial charge >= 0.3 is 0 Å². The third-order valence-electron chi connectivity index (χ3n) is 4.03. The SMILES string of the molecule is CCn1c(COc2cccc(OC)c2)cc2cc(CN)ccc21. The zero-order chi connectivity index (χ0) is 16.2. The second-order valence-corrected chi connectivity index (χ2v) is 5.44. The van der Waals surface area contributed by atoms with Gasteiger partial charge in [-0.15, -0.1) is 0 Å². The van der Waals surface area contributed by atoms with Crippen LogP contribution >= 0.6 is 0 Å². The molecule has 0 radical (unpaired) electrons. The lowest BCUT2D eigenvalue weighted by Gasteiger charge is -2.10. The Hall–Kier alpha value is -2.46. The first-order valence-electron chi connectivity index (χ1n) is 7.83. The number of hydrogen-bond acceptors (Lipinski definition) is 3. The van der Waals surface area contributed by atoms with Gasteiger partial charge in [-0.05, 0) is 42.8 Å². The maximum Gasteiger partial charge on any atom is 0.128 e. The van der Waals surface area contributed by atoms with Crippen molar-refractivity contribution in [2.45, 2.75) is 26.6 Å². The Morgan fingerprint density at radius 3 is 2.61 bits per heavy atom. The molecule has 2 N–H and O–H groups in total. The van der Waals surface area contributed by atoms with Crippen LogP contribution < -0.4 is 15.2 Å². The van der Waals surface area contributed by atoms with E-state index in [1.165, 1.54) is 10.9 Å². The molecule has 0 aliphatic carbocycles. The molecule has 0 unspecified atom stereocenters. The first-order chi connectivity index (χ1) is 11.2. The third-order valence-corrected chi connectivity index (χ3v) is 4.03. The van der Waals surface area contributed by atoms with Crippen LogP contribution in [0.2, 0.25) is 0 Å². The second kappa shape index (κ2) is 6.75. The van der Waals surface area contributed by atoms with E-state index in [9.17, 15) is 0 Å². The molecule has 2 aromatic carbocycles. The number of benzene rings is 2. The lowest BCUT2D eigenvalue weighted by molar-refractivity contribution is 0.294. The number of methoxy groups -OCH3 is 1. The topological polar surface area (TPSA) is 49.4 Å². The Labute approximate surface area is 136 Å². The predicted molar refractivity (Wildman–Crippen MR) is 92.8 cm³/mol. The molecule has 0 aliphatic rings. The number of hydrogen-bond donors (Lipinski definition) is 1. The van der Waals surface area contributed by atoms with Crippen LogP contribution in [-0.4, -0.2) is 11.7 Å². The van der Waals surface area contributed by atoms with Gasteiger partial charge in [-0.3, -0.25) is 0 Å². The highest BCUT2D eigenvalue weighted by molar-refractivity contribution is 5.82. The van der Waals surface area contributed by atoms with Gasteiger partial charge in [0.25, 0.3) is 0 Å². The van der Waals surface area contributed by atoms with E-state index < -0.39 is 0 Å². The number of aryl methyl sites for hydroxylation is 1. The molecule has 1 aromatic heterocycles. The summed E-state index contributed by atoms with van der Waals surface area (Å²) in [4.78, 5) is 0. The van der Waals surface area contributed by atoms with Gasteiger partial charge in [0, 0.05) is 30.1 Å². The Balaban J connectivity index is 1.86. The summed E-state index contributed by atoms with van der Waals surface area (Å²) < 4.78 is 13.4. The molecular weight excluding hydrogens is 288 g/mol. The van der Waals surface area contributed by atoms with Crippen molar-refractivity contribution in [3.05, 3.63) is 59.8 Å². The van der Waals surface area contributed by atoms with Crippen LogP contribution in [0.1, 0.15) is 18.2 Å². The van der Waals surface area contributed by atoms with Crippen LogP contribution in [0.4, 0.5) is 0 Å². The van der Waals surface area contributed by atoms with E-state index >= 15 is 0 Å². The molecule has 1 heterocycles. The summed E-state index contributed by atoms with van der Waals surface area (Å²) in [6.45, 7) is 4.13. The van der Waals surface area contributed by atoms with E-state index in [0.29, 0.717) is 13.2 Å². The lowest BCUT2D eigenvalue weighted by atomic mass is 10.1.